The number of carbonyl (C=O) groups excluding carboxylic acids is 1. The molecular weight excluding hydrogens is 236 g/mol. The van der Waals surface area contributed by atoms with E-state index in [1.165, 1.54) is 6.08 Å². The van der Waals surface area contributed by atoms with Crippen LogP contribution < -0.4 is 0 Å². The topological polar surface area (TPSA) is 26.3 Å². The third-order valence-corrected chi connectivity index (χ3v) is 2.85. The smallest absolute Gasteiger partial charge is 0.332 e. The third kappa shape index (κ3) is 4.61. The van der Waals surface area contributed by atoms with Crippen LogP contribution >= 0.6 is 11.6 Å². The van der Waals surface area contributed by atoms with Crippen molar-refractivity contribution >= 4 is 22.6 Å². The largest absolute Gasteiger partial charge is 0.456 e. The maximum Gasteiger partial charge on any atom is 0.332 e. The molecule has 0 fully saturated rings. The van der Waals surface area contributed by atoms with Crippen LogP contribution in [0.5, 0.6) is 0 Å². The molecule has 2 nitrogen and oxygen atoms in total. The predicted molar refractivity (Wildman–Crippen MR) is 70.7 cm³/mol. The number of rotatable bonds is 4. The highest BCUT2D eigenvalue weighted by molar-refractivity contribution is 6.50. The SMILES string of the molecule is CCC(C)(C)OC(=O)/C=C(\Cl)c1ccccc1. The van der Waals surface area contributed by atoms with Crippen molar-refractivity contribution in [3.05, 3.63) is 42.0 Å². The minimum atomic E-state index is -0.457. The highest BCUT2D eigenvalue weighted by atomic mass is 35.5. The van der Waals surface area contributed by atoms with Gasteiger partial charge in [-0.05, 0) is 25.8 Å². The number of esters is 1. The van der Waals surface area contributed by atoms with Gasteiger partial charge in [0.2, 0.25) is 0 Å². The second kappa shape index (κ2) is 5.87. The van der Waals surface area contributed by atoms with Gasteiger partial charge in [0.1, 0.15) is 5.60 Å². The van der Waals surface area contributed by atoms with Gasteiger partial charge in [0.05, 0.1) is 5.03 Å². The fourth-order valence-corrected chi connectivity index (χ4v) is 1.37. The molecule has 0 aliphatic rings. The van der Waals surface area contributed by atoms with Crippen LogP contribution in [0.4, 0.5) is 0 Å². The zero-order chi connectivity index (χ0) is 12.9. The molecule has 0 aliphatic heterocycles. The molecule has 92 valence electrons. The van der Waals surface area contributed by atoms with Crippen LogP contribution in [-0.2, 0) is 9.53 Å². The zero-order valence-electron chi connectivity index (χ0n) is 10.4. The van der Waals surface area contributed by atoms with Crippen LogP contribution in [0, 0.1) is 0 Å². The van der Waals surface area contributed by atoms with Crippen molar-refractivity contribution < 1.29 is 9.53 Å². The van der Waals surface area contributed by atoms with Crippen molar-refractivity contribution in [3.8, 4) is 0 Å². The first kappa shape index (κ1) is 13.8. The van der Waals surface area contributed by atoms with Crippen LogP contribution in [0.25, 0.3) is 5.03 Å². The van der Waals surface area contributed by atoms with Crippen molar-refractivity contribution in [1.29, 1.82) is 0 Å². The summed E-state index contributed by atoms with van der Waals surface area (Å²) in [5.41, 5.74) is 0.349. The van der Waals surface area contributed by atoms with E-state index in [9.17, 15) is 4.79 Å². The van der Waals surface area contributed by atoms with Crippen LogP contribution in [0.1, 0.15) is 32.8 Å². The molecule has 0 spiro atoms. The summed E-state index contributed by atoms with van der Waals surface area (Å²) in [6.45, 7) is 5.71. The van der Waals surface area contributed by atoms with Gasteiger partial charge >= 0.3 is 5.97 Å². The van der Waals surface area contributed by atoms with E-state index in [4.69, 9.17) is 16.3 Å². The molecule has 0 saturated heterocycles. The van der Waals surface area contributed by atoms with E-state index in [1.807, 2.05) is 51.1 Å². The molecule has 0 heterocycles. The van der Waals surface area contributed by atoms with E-state index in [-0.39, 0.29) is 0 Å². The number of halogens is 1. The molecule has 0 N–H and O–H groups in total. The van der Waals surface area contributed by atoms with Crippen LogP contribution in [0.15, 0.2) is 36.4 Å². The monoisotopic (exact) mass is 252 g/mol. The van der Waals surface area contributed by atoms with Gasteiger partial charge in [0.25, 0.3) is 0 Å². The average molecular weight is 253 g/mol. The second-order valence-corrected chi connectivity index (χ2v) is 4.80. The fraction of sp³-hybridized carbons (Fsp3) is 0.357. The Morgan fingerprint density at radius 1 is 1.35 bits per heavy atom. The number of benzene rings is 1. The Labute approximate surface area is 107 Å². The molecule has 0 aromatic heterocycles. The summed E-state index contributed by atoms with van der Waals surface area (Å²) in [5.74, 6) is -0.411. The lowest BCUT2D eigenvalue weighted by Gasteiger charge is -2.22. The molecule has 1 aromatic carbocycles. The summed E-state index contributed by atoms with van der Waals surface area (Å²) in [6.07, 6.45) is 2.07. The Morgan fingerprint density at radius 2 is 1.94 bits per heavy atom. The van der Waals surface area contributed by atoms with E-state index in [0.717, 1.165) is 12.0 Å². The Bertz CT molecular complexity index is 407. The lowest BCUT2D eigenvalue weighted by molar-refractivity contribution is -0.150. The first-order chi connectivity index (χ1) is 7.94. The molecule has 0 amide bonds. The number of hydrogen-bond acceptors (Lipinski definition) is 2. The fourth-order valence-electron chi connectivity index (χ4n) is 1.16. The molecule has 1 aromatic rings. The van der Waals surface area contributed by atoms with Crippen molar-refractivity contribution in [2.24, 2.45) is 0 Å². The number of ether oxygens (including phenoxy) is 1. The second-order valence-electron chi connectivity index (χ2n) is 4.39. The van der Waals surface area contributed by atoms with Crippen molar-refractivity contribution in [2.75, 3.05) is 0 Å². The average Bonchev–Trinajstić information content (AvgIpc) is 2.29. The normalized spacial score (nSPS) is 12.4. The summed E-state index contributed by atoms with van der Waals surface area (Å²) in [7, 11) is 0. The molecule has 0 bridgehead atoms. The lowest BCUT2D eigenvalue weighted by atomic mass is 10.1. The van der Waals surface area contributed by atoms with E-state index in [2.05, 4.69) is 0 Å². The molecule has 0 atom stereocenters. The molecule has 1 rings (SSSR count). The predicted octanol–water partition coefficient (Wildman–Crippen LogP) is 4.00. The summed E-state index contributed by atoms with van der Waals surface area (Å²) in [5, 5.41) is 0.391. The van der Waals surface area contributed by atoms with Gasteiger partial charge in [-0.1, -0.05) is 48.9 Å². The standard InChI is InChI=1S/C14H17ClO2/c1-4-14(2,3)17-13(16)10-12(15)11-8-6-5-7-9-11/h5-10H,4H2,1-3H3/b12-10-. The maximum atomic E-state index is 11.6. The molecule has 3 heteroatoms. The van der Waals surface area contributed by atoms with Gasteiger partial charge in [-0.15, -0.1) is 0 Å². The highest BCUT2D eigenvalue weighted by Crippen LogP contribution is 2.20. The molecule has 0 radical (unpaired) electrons. The Morgan fingerprint density at radius 3 is 2.47 bits per heavy atom. The minimum absolute atomic E-state index is 0.391. The maximum absolute atomic E-state index is 11.6. The van der Waals surface area contributed by atoms with E-state index in [0.29, 0.717) is 5.03 Å². The molecule has 0 saturated carbocycles. The van der Waals surface area contributed by atoms with Crippen molar-refractivity contribution in [2.45, 2.75) is 32.8 Å². The van der Waals surface area contributed by atoms with Gasteiger partial charge in [0.15, 0.2) is 0 Å². The van der Waals surface area contributed by atoms with Crippen molar-refractivity contribution in [3.63, 3.8) is 0 Å². The van der Waals surface area contributed by atoms with Gasteiger partial charge in [0, 0.05) is 6.08 Å². The van der Waals surface area contributed by atoms with E-state index < -0.39 is 11.6 Å². The first-order valence-electron chi connectivity index (χ1n) is 5.60. The number of carbonyl (C=O) groups is 1. The summed E-state index contributed by atoms with van der Waals surface area (Å²) in [4.78, 5) is 11.6. The van der Waals surface area contributed by atoms with Crippen LogP contribution in [-0.4, -0.2) is 11.6 Å². The highest BCUT2D eigenvalue weighted by Gasteiger charge is 2.19. The van der Waals surface area contributed by atoms with Gasteiger partial charge < -0.3 is 4.74 Å². The molecule has 0 aliphatic carbocycles. The lowest BCUT2D eigenvalue weighted by Crippen LogP contribution is -2.26. The summed E-state index contributed by atoms with van der Waals surface area (Å²) >= 11 is 6.03. The van der Waals surface area contributed by atoms with Crippen LogP contribution in [0.2, 0.25) is 0 Å². The summed E-state index contributed by atoms with van der Waals surface area (Å²) in [6, 6.07) is 9.32. The van der Waals surface area contributed by atoms with Crippen LogP contribution in [0.3, 0.4) is 0 Å². The summed E-state index contributed by atoms with van der Waals surface area (Å²) < 4.78 is 5.28. The quantitative estimate of drug-likeness (QED) is 0.598. The Balaban J connectivity index is 2.73. The van der Waals surface area contributed by atoms with Gasteiger partial charge in [-0.3, -0.25) is 0 Å². The Kier molecular flexibility index (Phi) is 4.76. The zero-order valence-corrected chi connectivity index (χ0v) is 11.1. The Hall–Kier alpha value is -1.28. The van der Waals surface area contributed by atoms with Gasteiger partial charge in [-0.25, -0.2) is 4.79 Å². The molecule has 17 heavy (non-hydrogen) atoms. The molecule has 0 unspecified atom stereocenters. The van der Waals surface area contributed by atoms with Crippen molar-refractivity contribution in [1.82, 2.24) is 0 Å². The van der Waals surface area contributed by atoms with Gasteiger partial charge in [-0.2, -0.15) is 0 Å². The number of hydrogen-bond donors (Lipinski definition) is 0. The first-order valence-corrected chi connectivity index (χ1v) is 5.98. The molecular formula is C14H17ClO2. The third-order valence-electron chi connectivity index (χ3n) is 2.52. The minimum Gasteiger partial charge on any atom is -0.456 e. The van der Waals surface area contributed by atoms with E-state index in [1.54, 1.807) is 0 Å². The van der Waals surface area contributed by atoms with E-state index >= 15 is 0 Å².